The van der Waals surface area contributed by atoms with Crippen LogP contribution in [-0.2, 0) is 22.4 Å². The molecule has 0 heterocycles. The lowest BCUT2D eigenvalue weighted by molar-refractivity contribution is -0.140. The maximum Gasteiger partial charge on any atom is 0.341 e. The molecule has 4 atom stereocenters. The molecule has 0 radical (unpaired) electrons. The van der Waals surface area contributed by atoms with Gasteiger partial charge < -0.3 is 40.5 Å². The molecule has 0 aliphatic heterocycles. The van der Waals surface area contributed by atoms with Gasteiger partial charge in [0.15, 0.2) is 13.2 Å². The van der Waals surface area contributed by atoms with Gasteiger partial charge in [-0.3, -0.25) is 0 Å². The highest BCUT2D eigenvalue weighted by Gasteiger charge is 2.12. The highest BCUT2D eigenvalue weighted by atomic mass is 35.5. The number of hydrogen-bond donors (Lipinski definition) is 6. The Bertz CT molecular complexity index is 1500. The summed E-state index contributed by atoms with van der Waals surface area (Å²) in [5, 5.41) is 45.4. The average Bonchev–Trinajstić information content (AvgIpc) is 3.09. The highest BCUT2D eigenvalue weighted by molar-refractivity contribution is 6.30. The topological polar surface area (TPSA) is 158 Å². The minimum Gasteiger partial charge on any atom is -0.482 e. The molecule has 0 saturated heterocycles. The van der Waals surface area contributed by atoms with Gasteiger partial charge in [-0.1, -0.05) is 71.7 Å². The van der Waals surface area contributed by atoms with Crippen molar-refractivity contribution in [1.82, 2.24) is 10.6 Å². The van der Waals surface area contributed by atoms with Crippen molar-refractivity contribution in [3.8, 4) is 11.5 Å². The second-order valence-electron chi connectivity index (χ2n) is 11.8. The molecule has 0 unspecified atom stereocenters. The van der Waals surface area contributed by atoms with E-state index in [0.29, 0.717) is 34.6 Å². The highest BCUT2D eigenvalue weighted by Crippen LogP contribution is 2.19. The summed E-state index contributed by atoms with van der Waals surface area (Å²) >= 11 is 11.9. The van der Waals surface area contributed by atoms with Crippen molar-refractivity contribution in [2.24, 2.45) is 0 Å². The molecule has 0 aliphatic rings. The fourth-order valence-electron chi connectivity index (χ4n) is 4.87. The van der Waals surface area contributed by atoms with Crippen molar-refractivity contribution < 1.29 is 39.5 Å². The molecule has 4 aromatic rings. The van der Waals surface area contributed by atoms with Crippen molar-refractivity contribution in [3.05, 3.63) is 129 Å². The standard InChI is InChI=1S/2C19H22ClNO4/c2*1-13(21-11-18(22)15-3-2-4-16(20)10-15)9-14-5-7-17(8-6-14)25-12-19(23)24/h2*2-8,10,13,18,21-22H,9,11-12H2,1H3,(H,23,24)/t2*13-,18+/m11/s1. The predicted octanol–water partition coefficient (Wildman–Crippen LogP) is 6.12. The van der Waals surface area contributed by atoms with E-state index in [1.54, 1.807) is 48.5 Å². The van der Waals surface area contributed by atoms with Crippen molar-refractivity contribution in [3.63, 3.8) is 0 Å². The number of benzene rings is 4. The summed E-state index contributed by atoms with van der Waals surface area (Å²) in [7, 11) is 0. The number of carboxylic acids is 2. The molecule has 10 nitrogen and oxygen atoms in total. The minimum atomic E-state index is -1.000. The summed E-state index contributed by atoms with van der Waals surface area (Å²) in [4.78, 5) is 20.9. The molecule has 4 aromatic carbocycles. The van der Waals surface area contributed by atoms with E-state index in [9.17, 15) is 19.8 Å². The monoisotopic (exact) mass is 726 g/mol. The van der Waals surface area contributed by atoms with Crippen LogP contribution >= 0.6 is 23.2 Å². The summed E-state index contributed by atoms with van der Waals surface area (Å²) in [5.41, 5.74) is 3.76. The summed E-state index contributed by atoms with van der Waals surface area (Å²) in [6.07, 6.45) is 0.323. The van der Waals surface area contributed by atoms with Crippen LogP contribution < -0.4 is 20.1 Å². The Labute approximate surface area is 302 Å². The first kappa shape index (κ1) is 40.3. The number of ether oxygens (including phenoxy) is 2. The van der Waals surface area contributed by atoms with Crippen molar-refractivity contribution in [2.75, 3.05) is 26.3 Å². The van der Waals surface area contributed by atoms with E-state index >= 15 is 0 Å². The number of hydrogen-bond acceptors (Lipinski definition) is 8. The molecule has 0 bridgehead atoms. The van der Waals surface area contributed by atoms with Gasteiger partial charge in [-0.15, -0.1) is 0 Å². The normalized spacial score (nSPS) is 13.2. The molecule has 0 aromatic heterocycles. The first-order valence-electron chi connectivity index (χ1n) is 16.1. The van der Waals surface area contributed by atoms with E-state index in [1.807, 2.05) is 62.4 Å². The Morgan fingerprint density at radius 2 is 0.980 bits per heavy atom. The van der Waals surface area contributed by atoms with Crippen LogP contribution in [0.2, 0.25) is 10.0 Å². The Morgan fingerprint density at radius 1 is 0.620 bits per heavy atom. The summed E-state index contributed by atoms with van der Waals surface area (Å²) < 4.78 is 10.2. The third kappa shape index (κ3) is 15.6. The molecule has 0 amide bonds. The molecular formula is C38H44Cl2N2O8. The molecule has 268 valence electrons. The lowest BCUT2D eigenvalue weighted by Gasteiger charge is -2.18. The predicted molar refractivity (Wildman–Crippen MR) is 194 cm³/mol. The molecule has 12 heteroatoms. The Hall–Kier alpha value is -4.16. The minimum absolute atomic E-state index is 0.166. The zero-order chi connectivity index (χ0) is 36.5. The zero-order valence-corrected chi connectivity index (χ0v) is 29.5. The molecule has 4 rings (SSSR count). The van der Waals surface area contributed by atoms with E-state index in [0.717, 1.165) is 35.1 Å². The van der Waals surface area contributed by atoms with Crippen molar-refractivity contribution >= 4 is 35.1 Å². The maximum atomic E-state index is 10.5. The van der Waals surface area contributed by atoms with Crippen LogP contribution in [0.4, 0.5) is 0 Å². The number of aliphatic hydroxyl groups is 2. The quantitative estimate of drug-likeness (QED) is 0.0707. The maximum absolute atomic E-state index is 10.5. The first-order valence-corrected chi connectivity index (χ1v) is 16.8. The van der Waals surface area contributed by atoms with Gasteiger partial charge >= 0.3 is 11.9 Å². The van der Waals surface area contributed by atoms with Gasteiger partial charge in [-0.05, 0) is 97.5 Å². The van der Waals surface area contributed by atoms with Gasteiger partial charge in [0.2, 0.25) is 0 Å². The Balaban J connectivity index is 0.000000270. The molecule has 6 N–H and O–H groups in total. The number of carboxylic acid groups (broad SMARTS) is 2. The zero-order valence-electron chi connectivity index (χ0n) is 28.0. The van der Waals surface area contributed by atoms with Crippen molar-refractivity contribution in [2.45, 2.75) is 51.0 Å². The van der Waals surface area contributed by atoms with Crippen LogP contribution in [-0.4, -0.2) is 70.8 Å². The van der Waals surface area contributed by atoms with Crippen LogP contribution in [0, 0.1) is 0 Å². The van der Waals surface area contributed by atoms with E-state index < -0.39 is 24.1 Å². The second-order valence-corrected chi connectivity index (χ2v) is 12.7. The summed E-state index contributed by atoms with van der Waals surface area (Å²) in [5.74, 6) is -0.938. The largest absolute Gasteiger partial charge is 0.482 e. The fraction of sp³-hybridized carbons (Fsp3) is 0.316. The number of rotatable bonds is 18. The molecule has 0 aliphatic carbocycles. The number of nitrogens with one attached hydrogen (secondary N) is 2. The van der Waals surface area contributed by atoms with E-state index in [4.69, 9.17) is 42.9 Å². The van der Waals surface area contributed by atoms with Gasteiger partial charge in [0.05, 0.1) is 12.2 Å². The van der Waals surface area contributed by atoms with Crippen LogP contribution in [0.5, 0.6) is 11.5 Å². The number of aliphatic hydroxyl groups excluding tert-OH is 2. The van der Waals surface area contributed by atoms with E-state index in [2.05, 4.69) is 10.6 Å². The van der Waals surface area contributed by atoms with Gasteiger partial charge in [-0.25, -0.2) is 9.59 Å². The van der Waals surface area contributed by atoms with Crippen LogP contribution in [0.15, 0.2) is 97.1 Å². The smallest absolute Gasteiger partial charge is 0.341 e. The average molecular weight is 728 g/mol. The van der Waals surface area contributed by atoms with Gasteiger partial charge in [0.1, 0.15) is 11.5 Å². The van der Waals surface area contributed by atoms with E-state index in [-0.39, 0.29) is 25.3 Å². The summed E-state index contributed by atoms with van der Waals surface area (Å²) in [6, 6.07) is 29.4. The number of halogens is 2. The van der Waals surface area contributed by atoms with Crippen LogP contribution in [0.3, 0.4) is 0 Å². The number of carbonyl (C=O) groups is 2. The Kier molecular flexibility index (Phi) is 17.0. The third-order valence-electron chi connectivity index (χ3n) is 7.44. The molecule has 0 saturated carbocycles. The molecular weight excluding hydrogens is 683 g/mol. The van der Waals surface area contributed by atoms with Gasteiger partial charge in [-0.2, -0.15) is 0 Å². The van der Waals surface area contributed by atoms with Gasteiger partial charge in [0.25, 0.3) is 0 Å². The Morgan fingerprint density at radius 3 is 1.30 bits per heavy atom. The SMILES string of the molecule is C[C@H](Cc1ccc(OCC(=O)O)cc1)NC[C@H](O)c1cccc(Cl)c1.C[C@H](Cc1ccc(OCC(=O)O)cc1)NC[C@H](O)c1cccc(Cl)c1. The van der Waals surface area contributed by atoms with Gasteiger partial charge in [0, 0.05) is 35.2 Å². The fourth-order valence-corrected chi connectivity index (χ4v) is 5.27. The summed E-state index contributed by atoms with van der Waals surface area (Å²) in [6.45, 7) is 4.25. The first-order chi connectivity index (χ1) is 23.9. The molecule has 0 spiro atoms. The van der Waals surface area contributed by atoms with Crippen LogP contribution in [0.25, 0.3) is 0 Å². The lowest BCUT2D eigenvalue weighted by atomic mass is 10.1. The van der Waals surface area contributed by atoms with Crippen molar-refractivity contribution in [1.29, 1.82) is 0 Å². The van der Waals surface area contributed by atoms with E-state index in [1.165, 1.54) is 0 Å². The number of aliphatic carboxylic acids is 2. The second kappa shape index (κ2) is 21.1. The lowest BCUT2D eigenvalue weighted by Crippen LogP contribution is -2.32. The third-order valence-corrected chi connectivity index (χ3v) is 7.91. The van der Waals surface area contributed by atoms with Crippen LogP contribution in [0.1, 0.15) is 48.3 Å². The molecule has 0 fully saturated rings. The molecule has 50 heavy (non-hydrogen) atoms.